The first-order valence-electron chi connectivity index (χ1n) is 8.51. The summed E-state index contributed by atoms with van der Waals surface area (Å²) in [5.41, 5.74) is 2.54. The highest BCUT2D eigenvalue weighted by Gasteiger charge is 2.26. The molecule has 1 amide bonds. The Kier molecular flexibility index (Phi) is 5.21. The van der Waals surface area contributed by atoms with E-state index in [0.717, 1.165) is 30.0 Å². The SMILES string of the molecule is COc1ccc2c(c1)C[C@@H](C(=O)NCCC1=CCCCC1)CO2. The van der Waals surface area contributed by atoms with Gasteiger partial charge in [-0.2, -0.15) is 0 Å². The molecule has 23 heavy (non-hydrogen) atoms. The Morgan fingerprint density at radius 3 is 3.09 bits per heavy atom. The van der Waals surface area contributed by atoms with Crippen LogP contribution in [0.4, 0.5) is 0 Å². The van der Waals surface area contributed by atoms with E-state index in [1.807, 2.05) is 18.2 Å². The lowest BCUT2D eigenvalue weighted by Crippen LogP contribution is -2.37. The van der Waals surface area contributed by atoms with Gasteiger partial charge >= 0.3 is 0 Å². The van der Waals surface area contributed by atoms with Crippen molar-refractivity contribution in [1.29, 1.82) is 0 Å². The van der Waals surface area contributed by atoms with Crippen molar-refractivity contribution in [2.75, 3.05) is 20.3 Å². The third-order valence-electron chi connectivity index (χ3n) is 4.68. The van der Waals surface area contributed by atoms with Gasteiger partial charge in [0.15, 0.2) is 0 Å². The summed E-state index contributed by atoms with van der Waals surface area (Å²) >= 11 is 0. The Morgan fingerprint density at radius 1 is 1.39 bits per heavy atom. The zero-order valence-electron chi connectivity index (χ0n) is 13.8. The molecule has 1 N–H and O–H groups in total. The third-order valence-corrected chi connectivity index (χ3v) is 4.68. The average Bonchev–Trinajstić information content (AvgIpc) is 2.61. The summed E-state index contributed by atoms with van der Waals surface area (Å²) in [6.45, 7) is 1.18. The number of amides is 1. The van der Waals surface area contributed by atoms with E-state index in [0.29, 0.717) is 13.0 Å². The molecular weight excluding hydrogens is 290 g/mol. The van der Waals surface area contributed by atoms with Gasteiger partial charge in [-0.15, -0.1) is 0 Å². The predicted octanol–water partition coefficient (Wildman–Crippen LogP) is 3.25. The maximum absolute atomic E-state index is 12.4. The molecule has 0 radical (unpaired) electrons. The van der Waals surface area contributed by atoms with Crippen LogP contribution in [0.1, 0.15) is 37.7 Å². The number of methoxy groups -OCH3 is 1. The summed E-state index contributed by atoms with van der Waals surface area (Å²) in [5, 5.41) is 3.07. The van der Waals surface area contributed by atoms with E-state index in [-0.39, 0.29) is 11.8 Å². The molecule has 0 bridgehead atoms. The molecule has 2 aliphatic rings. The zero-order valence-corrected chi connectivity index (χ0v) is 13.8. The summed E-state index contributed by atoms with van der Waals surface area (Å²) in [5.74, 6) is 1.64. The molecule has 1 aromatic rings. The average molecular weight is 315 g/mol. The van der Waals surface area contributed by atoms with Gasteiger partial charge in [0.2, 0.25) is 5.91 Å². The molecule has 4 nitrogen and oxygen atoms in total. The molecule has 1 aliphatic heterocycles. The summed E-state index contributed by atoms with van der Waals surface area (Å²) in [7, 11) is 1.65. The van der Waals surface area contributed by atoms with Gasteiger partial charge in [0.1, 0.15) is 18.1 Å². The van der Waals surface area contributed by atoms with Crippen LogP contribution >= 0.6 is 0 Å². The van der Waals surface area contributed by atoms with Crippen LogP contribution in [-0.2, 0) is 11.2 Å². The van der Waals surface area contributed by atoms with Gasteiger partial charge < -0.3 is 14.8 Å². The lowest BCUT2D eigenvalue weighted by Gasteiger charge is -2.25. The number of benzene rings is 1. The Morgan fingerprint density at radius 2 is 2.30 bits per heavy atom. The molecule has 3 rings (SSSR count). The molecule has 0 aromatic heterocycles. The van der Waals surface area contributed by atoms with Crippen molar-refractivity contribution >= 4 is 5.91 Å². The quantitative estimate of drug-likeness (QED) is 0.849. The van der Waals surface area contributed by atoms with E-state index in [4.69, 9.17) is 9.47 Å². The van der Waals surface area contributed by atoms with Crippen molar-refractivity contribution in [3.63, 3.8) is 0 Å². The van der Waals surface area contributed by atoms with Gasteiger partial charge in [-0.1, -0.05) is 11.6 Å². The minimum Gasteiger partial charge on any atom is -0.497 e. The maximum Gasteiger partial charge on any atom is 0.226 e. The number of hydrogen-bond donors (Lipinski definition) is 1. The Labute approximate surface area is 137 Å². The van der Waals surface area contributed by atoms with Crippen LogP contribution in [0, 0.1) is 5.92 Å². The van der Waals surface area contributed by atoms with Crippen molar-refractivity contribution in [2.24, 2.45) is 5.92 Å². The van der Waals surface area contributed by atoms with E-state index in [2.05, 4.69) is 11.4 Å². The minimum absolute atomic E-state index is 0.0925. The second-order valence-electron chi connectivity index (χ2n) is 6.33. The minimum atomic E-state index is -0.116. The second kappa shape index (κ2) is 7.53. The Balaban J connectivity index is 1.51. The fraction of sp³-hybridized carbons (Fsp3) is 0.526. The number of nitrogens with one attached hydrogen (secondary N) is 1. The molecule has 0 spiro atoms. The summed E-state index contributed by atoms with van der Waals surface area (Å²) < 4.78 is 11.0. The highest BCUT2D eigenvalue weighted by atomic mass is 16.5. The van der Waals surface area contributed by atoms with Crippen LogP contribution in [0.3, 0.4) is 0 Å². The molecule has 0 saturated carbocycles. The van der Waals surface area contributed by atoms with Crippen molar-refractivity contribution in [1.82, 2.24) is 5.32 Å². The van der Waals surface area contributed by atoms with Crippen LogP contribution < -0.4 is 14.8 Å². The van der Waals surface area contributed by atoms with E-state index in [9.17, 15) is 4.79 Å². The fourth-order valence-corrected chi connectivity index (χ4v) is 3.29. The van der Waals surface area contributed by atoms with Gasteiger partial charge in [-0.05, 0) is 62.3 Å². The lowest BCUT2D eigenvalue weighted by atomic mass is 9.95. The van der Waals surface area contributed by atoms with Gasteiger partial charge in [0.05, 0.1) is 13.0 Å². The van der Waals surface area contributed by atoms with E-state index in [1.54, 1.807) is 7.11 Å². The van der Waals surface area contributed by atoms with Crippen molar-refractivity contribution in [2.45, 2.75) is 38.5 Å². The summed E-state index contributed by atoms with van der Waals surface area (Å²) in [4.78, 5) is 12.4. The summed E-state index contributed by atoms with van der Waals surface area (Å²) in [6.07, 6.45) is 8.99. The van der Waals surface area contributed by atoms with E-state index < -0.39 is 0 Å². The number of hydrogen-bond acceptors (Lipinski definition) is 3. The molecular formula is C19H25NO3. The second-order valence-corrected chi connectivity index (χ2v) is 6.33. The van der Waals surface area contributed by atoms with Gasteiger partial charge in [0.25, 0.3) is 0 Å². The largest absolute Gasteiger partial charge is 0.497 e. The van der Waals surface area contributed by atoms with Crippen LogP contribution in [0.25, 0.3) is 0 Å². The Bertz CT molecular complexity index is 594. The van der Waals surface area contributed by atoms with Crippen LogP contribution in [-0.4, -0.2) is 26.2 Å². The van der Waals surface area contributed by atoms with Gasteiger partial charge in [-0.3, -0.25) is 4.79 Å². The summed E-state index contributed by atoms with van der Waals surface area (Å²) in [6, 6.07) is 5.76. The van der Waals surface area contributed by atoms with Crippen LogP contribution in [0.15, 0.2) is 29.8 Å². The lowest BCUT2D eigenvalue weighted by molar-refractivity contribution is -0.126. The molecule has 1 aliphatic carbocycles. The number of carbonyl (C=O) groups is 1. The topological polar surface area (TPSA) is 47.6 Å². The molecule has 0 fully saturated rings. The number of carbonyl (C=O) groups excluding carboxylic acids is 1. The highest BCUT2D eigenvalue weighted by molar-refractivity contribution is 5.79. The smallest absolute Gasteiger partial charge is 0.226 e. The number of rotatable bonds is 5. The first kappa shape index (κ1) is 15.9. The van der Waals surface area contributed by atoms with E-state index >= 15 is 0 Å². The van der Waals surface area contributed by atoms with E-state index in [1.165, 1.54) is 31.3 Å². The number of ether oxygens (including phenoxy) is 2. The number of fused-ring (bicyclic) bond motifs is 1. The molecule has 4 heteroatoms. The molecule has 1 aromatic carbocycles. The monoisotopic (exact) mass is 315 g/mol. The molecule has 124 valence electrons. The predicted molar refractivity (Wildman–Crippen MR) is 89.9 cm³/mol. The normalized spacial score (nSPS) is 20.0. The van der Waals surface area contributed by atoms with Crippen molar-refractivity contribution < 1.29 is 14.3 Å². The Hall–Kier alpha value is -1.97. The van der Waals surface area contributed by atoms with Crippen LogP contribution in [0.5, 0.6) is 11.5 Å². The molecule has 0 unspecified atom stereocenters. The standard InChI is InChI=1S/C19H25NO3/c1-22-17-7-8-18-15(12-17)11-16(13-23-18)19(21)20-10-9-14-5-3-2-4-6-14/h5,7-8,12,16H,2-4,6,9-11,13H2,1H3,(H,20,21)/t16-/m1/s1. The third kappa shape index (κ3) is 4.06. The van der Waals surface area contributed by atoms with Crippen molar-refractivity contribution in [3.05, 3.63) is 35.4 Å². The highest BCUT2D eigenvalue weighted by Crippen LogP contribution is 2.30. The molecule has 1 atom stereocenters. The van der Waals surface area contributed by atoms with Gasteiger partial charge in [-0.25, -0.2) is 0 Å². The fourth-order valence-electron chi connectivity index (χ4n) is 3.29. The zero-order chi connectivity index (χ0) is 16.1. The first-order chi connectivity index (χ1) is 11.3. The maximum atomic E-state index is 12.4. The molecule has 1 heterocycles. The molecule has 0 saturated heterocycles. The number of allylic oxidation sites excluding steroid dienone is 1. The van der Waals surface area contributed by atoms with Gasteiger partial charge in [0, 0.05) is 6.54 Å². The van der Waals surface area contributed by atoms with Crippen molar-refractivity contribution in [3.8, 4) is 11.5 Å². The van der Waals surface area contributed by atoms with Crippen LogP contribution in [0.2, 0.25) is 0 Å². The first-order valence-corrected chi connectivity index (χ1v) is 8.51.